The zero-order valence-corrected chi connectivity index (χ0v) is 10.5. The Bertz CT molecular complexity index is 51.1. The van der Waals surface area contributed by atoms with Gasteiger partial charge in [-0.2, -0.15) is 0 Å². The molecule has 13 heavy (non-hydrogen) atoms. The van der Waals surface area contributed by atoms with Crippen LogP contribution >= 0.6 is 0 Å². The zero-order chi connectivity index (χ0) is 10.9. The first-order valence-electron chi connectivity index (χ1n) is 5.81. The summed E-state index contributed by atoms with van der Waals surface area (Å²) in [5.41, 5.74) is 0. The zero-order valence-electron chi connectivity index (χ0n) is 10.5. The molecule has 0 saturated carbocycles. The Morgan fingerprint density at radius 1 is 0.846 bits per heavy atom. The van der Waals surface area contributed by atoms with Crippen molar-refractivity contribution in [3.63, 3.8) is 0 Å². The van der Waals surface area contributed by atoms with Gasteiger partial charge in [0.25, 0.3) is 0 Å². The van der Waals surface area contributed by atoms with Crippen molar-refractivity contribution in [1.82, 2.24) is 0 Å². The molecular weight excluding hydrogens is 156 g/mol. The number of allylic oxidation sites excluding steroid dienone is 1. The van der Waals surface area contributed by atoms with E-state index in [2.05, 4.69) is 34.3 Å². The summed E-state index contributed by atoms with van der Waals surface area (Å²) in [6.45, 7) is 14.0. The van der Waals surface area contributed by atoms with Gasteiger partial charge in [-0.1, -0.05) is 72.3 Å². The normalized spacial score (nSPS) is 7.46. The van der Waals surface area contributed by atoms with Crippen molar-refractivity contribution in [3.8, 4) is 0 Å². The molecule has 0 radical (unpaired) electrons. The van der Waals surface area contributed by atoms with Gasteiger partial charge in [-0.25, -0.2) is 0 Å². The van der Waals surface area contributed by atoms with Crippen LogP contribution in [-0.2, 0) is 0 Å². The van der Waals surface area contributed by atoms with Gasteiger partial charge in [-0.3, -0.25) is 0 Å². The predicted octanol–water partition coefficient (Wildman–Crippen LogP) is 5.59. The second-order valence-electron chi connectivity index (χ2n) is 3.18. The molecule has 0 N–H and O–H groups in total. The lowest BCUT2D eigenvalue weighted by Gasteiger charge is -1.90. The highest BCUT2D eigenvalue weighted by atomic mass is 13.9. The van der Waals surface area contributed by atoms with Gasteiger partial charge >= 0.3 is 0 Å². The first-order chi connectivity index (χ1) is 6.24. The Morgan fingerprint density at radius 2 is 1.08 bits per heavy atom. The Labute approximate surface area is 86.4 Å². The molecule has 0 atom stereocenters. The maximum Gasteiger partial charge on any atom is -0.0473 e. The smallest absolute Gasteiger partial charge is 0.0473 e. The Balaban J connectivity index is -0.000000140. The molecule has 0 aromatic rings. The molecule has 0 heterocycles. The van der Waals surface area contributed by atoms with Gasteiger partial charge < -0.3 is 0 Å². The maximum absolute atomic E-state index is 3.36. The van der Waals surface area contributed by atoms with Gasteiger partial charge in [0.05, 0.1) is 0 Å². The van der Waals surface area contributed by atoms with Gasteiger partial charge in [0, 0.05) is 0 Å². The van der Waals surface area contributed by atoms with Crippen molar-refractivity contribution < 1.29 is 0 Å². The fourth-order valence-electron chi connectivity index (χ4n) is 0.677. The van der Waals surface area contributed by atoms with Crippen LogP contribution in [0.4, 0.5) is 0 Å². The van der Waals surface area contributed by atoms with E-state index in [0.29, 0.717) is 0 Å². The summed E-state index contributed by atoms with van der Waals surface area (Å²) >= 11 is 0. The van der Waals surface area contributed by atoms with Crippen LogP contribution in [0.2, 0.25) is 0 Å². The molecular formula is C13H30. The second kappa shape index (κ2) is 29.8. The molecule has 0 rings (SSSR count). The Kier molecular flexibility index (Phi) is 42.4. The fraction of sp³-hybridized carbons (Fsp3) is 0.846. The average molecular weight is 186 g/mol. The minimum absolute atomic E-state index is 1.25. The lowest BCUT2D eigenvalue weighted by molar-refractivity contribution is 0.656. The van der Waals surface area contributed by atoms with Gasteiger partial charge in [-0.15, -0.1) is 6.58 Å². The third kappa shape index (κ3) is 79.6. The van der Waals surface area contributed by atoms with Crippen molar-refractivity contribution in [1.29, 1.82) is 0 Å². The van der Waals surface area contributed by atoms with E-state index < -0.39 is 0 Å². The monoisotopic (exact) mass is 186 g/mol. The summed E-state index contributed by atoms with van der Waals surface area (Å²) in [7, 11) is 0. The SMILES string of the molecule is C=CC.CCC.CCCCCCC. The van der Waals surface area contributed by atoms with E-state index >= 15 is 0 Å². The van der Waals surface area contributed by atoms with Gasteiger partial charge in [0.1, 0.15) is 0 Å². The van der Waals surface area contributed by atoms with Gasteiger partial charge in [0.15, 0.2) is 0 Å². The number of hydrogen-bond donors (Lipinski definition) is 0. The van der Waals surface area contributed by atoms with Crippen molar-refractivity contribution in [2.24, 2.45) is 0 Å². The van der Waals surface area contributed by atoms with Crippen molar-refractivity contribution >= 4 is 0 Å². The molecule has 0 aliphatic heterocycles. The van der Waals surface area contributed by atoms with Gasteiger partial charge in [-0.05, 0) is 6.92 Å². The third-order valence-corrected chi connectivity index (χ3v) is 1.21. The van der Waals surface area contributed by atoms with Crippen LogP contribution in [0.15, 0.2) is 12.7 Å². The van der Waals surface area contributed by atoms with Crippen molar-refractivity contribution in [2.45, 2.75) is 73.1 Å². The maximum atomic E-state index is 3.36. The largest absolute Gasteiger partial charge is 0.103 e. The summed E-state index contributed by atoms with van der Waals surface area (Å²) in [5.74, 6) is 0. The molecule has 0 fully saturated rings. The highest BCUT2D eigenvalue weighted by molar-refractivity contribution is 4.51. The molecule has 0 aliphatic rings. The molecule has 0 aromatic carbocycles. The molecule has 0 nitrogen and oxygen atoms in total. The van der Waals surface area contributed by atoms with E-state index in [1.54, 1.807) is 6.08 Å². The standard InChI is InChI=1S/C7H16.C3H8.C3H6/c1-3-5-7-6-4-2;2*1-3-2/h3-7H2,1-2H3;3H2,1-2H3;3H,1H2,2H3. The van der Waals surface area contributed by atoms with Gasteiger partial charge in [0.2, 0.25) is 0 Å². The highest BCUT2D eigenvalue weighted by Crippen LogP contribution is 2.00. The number of rotatable bonds is 4. The van der Waals surface area contributed by atoms with E-state index in [1.807, 2.05) is 6.92 Å². The lowest BCUT2D eigenvalue weighted by Crippen LogP contribution is -1.70. The van der Waals surface area contributed by atoms with Crippen molar-refractivity contribution in [3.05, 3.63) is 12.7 Å². The van der Waals surface area contributed by atoms with E-state index in [0.717, 1.165) is 0 Å². The molecule has 0 saturated heterocycles. The van der Waals surface area contributed by atoms with Crippen LogP contribution < -0.4 is 0 Å². The van der Waals surface area contributed by atoms with Crippen LogP contribution in [0.25, 0.3) is 0 Å². The van der Waals surface area contributed by atoms with E-state index in [4.69, 9.17) is 0 Å². The summed E-state index contributed by atoms with van der Waals surface area (Å²) in [4.78, 5) is 0. The number of hydrogen-bond acceptors (Lipinski definition) is 0. The molecule has 0 aromatic heterocycles. The Morgan fingerprint density at radius 3 is 1.23 bits per heavy atom. The lowest BCUT2D eigenvalue weighted by atomic mass is 10.2. The minimum atomic E-state index is 1.25. The highest BCUT2D eigenvalue weighted by Gasteiger charge is 1.80. The topological polar surface area (TPSA) is 0 Å². The molecule has 0 spiro atoms. The molecule has 0 amide bonds. The third-order valence-electron chi connectivity index (χ3n) is 1.21. The summed E-state index contributed by atoms with van der Waals surface area (Å²) in [6, 6.07) is 0. The average Bonchev–Trinajstić information content (AvgIpc) is 2.08. The van der Waals surface area contributed by atoms with Crippen LogP contribution in [0, 0.1) is 0 Å². The summed E-state index contributed by atoms with van der Waals surface area (Å²) in [6.07, 6.45) is 10.0. The van der Waals surface area contributed by atoms with Crippen LogP contribution in [0.5, 0.6) is 0 Å². The first-order valence-corrected chi connectivity index (χ1v) is 5.81. The molecule has 82 valence electrons. The molecule has 0 heteroatoms. The minimum Gasteiger partial charge on any atom is -0.103 e. The van der Waals surface area contributed by atoms with E-state index in [1.165, 1.54) is 38.5 Å². The van der Waals surface area contributed by atoms with E-state index in [9.17, 15) is 0 Å². The van der Waals surface area contributed by atoms with Crippen LogP contribution in [0.3, 0.4) is 0 Å². The summed E-state index contributed by atoms with van der Waals surface area (Å²) < 4.78 is 0. The molecule has 0 bridgehead atoms. The Hall–Kier alpha value is -0.260. The molecule has 0 aliphatic carbocycles. The fourth-order valence-corrected chi connectivity index (χ4v) is 0.677. The second-order valence-corrected chi connectivity index (χ2v) is 3.18. The van der Waals surface area contributed by atoms with Crippen molar-refractivity contribution in [2.75, 3.05) is 0 Å². The summed E-state index contributed by atoms with van der Waals surface area (Å²) in [5, 5.41) is 0. The quantitative estimate of drug-likeness (QED) is 0.397. The van der Waals surface area contributed by atoms with E-state index in [-0.39, 0.29) is 0 Å². The molecule has 0 unspecified atom stereocenters. The predicted molar refractivity (Wildman–Crippen MR) is 66.3 cm³/mol. The number of unbranched alkanes of at least 4 members (excludes halogenated alkanes) is 4. The van der Waals surface area contributed by atoms with Crippen LogP contribution in [-0.4, -0.2) is 0 Å². The first kappa shape index (κ1) is 18.5. The van der Waals surface area contributed by atoms with Crippen LogP contribution in [0.1, 0.15) is 73.1 Å².